The fourth-order valence-corrected chi connectivity index (χ4v) is 2.63. The first kappa shape index (κ1) is 15.4. The number of hydrogen-bond donors (Lipinski definition) is 2. The minimum atomic E-state index is 0.196. The number of likely N-dealkylation sites (tertiary alicyclic amines) is 1. The monoisotopic (exact) mass is 281 g/mol. The number of rotatable bonds is 7. The van der Waals surface area contributed by atoms with Gasteiger partial charge in [0.05, 0.1) is 5.69 Å². The lowest BCUT2D eigenvalue weighted by Gasteiger charge is -2.34. The molecule has 1 aliphatic heterocycles. The third kappa shape index (κ3) is 4.54. The van der Waals surface area contributed by atoms with Crippen LogP contribution in [0.4, 0.5) is 0 Å². The summed E-state index contributed by atoms with van der Waals surface area (Å²) >= 11 is 0. The van der Waals surface area contributed by atoms with E-state index in [1.165, 1.54) is 25.9 Å². The number of hydrogen-bond acceptors (Lipinski definition) is 5. The van der Waals surface area contributed by atoms with E-state index in [2.05, 4.69) is 34.4 Å². The summed E-state index contributed by atoms with van der Waals surface area (Å²) in [5.74, 6) is 0. The summed E-state index contributed by atoms with van der Waals surface area (Å²) in [5.41, 5.74) is 0.981. The molecule has 0 bridgehead atoms. The van der Waals surface area contributed by atoms with Crippen LogP contribution in [0.3, 0.4) is 0 Å². The van der Waals surface area contributed by atoms with E-state index >= 15 is 0 Å². The predicted octanol–water partition coefficient (Wildman–Crippen LogP) is 0.623. The minimum absolute atomic E-state index is 0.196. The van der Waals surface area contributed by atoms with Gasteiger partial charge in [0.25, 0.3) is 0 Å². The molecule has 1 saturated heterocycles. The molecule has 6 heteroatoms. The lowest BCUT2D eigenvalue weighted by Crippen LogP contribution is -2.44. The van der Waals surface area contributed by atoms with E-state index < -0.39 is 0 Å². The number of aliphatic hydroxyl groups excluding tert-OH is 1. The van der Waals surface area contributed by atoms with E-state index in [-0.39, 0.29) is 6.61 Å². The third-order valence-electron chi connectivity index (χ3n) is 3.96. The Balaban J connectivity index is 1.69. The quantitative estimate of drug-likeness (QED) is 0.767. The van der Waals surface area contributed by atoms with Gasteiger partial charge in [0.15, 0.2) is 0 Å². The van der Waals surface area contributed by atoms with Crippen LogP contribution in [0.15, 0.2) is 6.20 Å². The van der Waals surface area contributed by atoms with Gasteiger partial charge >= 0.3 is 0 Å². The van der Waals surface area contributed by atoms with Gasteiger partial charge in [0, 0.05) is 38.0 Å². The molecule has 0 unspecified atom stereocenters. The number of piperidine rings is 1. The number of aromatic nitrogens is 3. The van der Waals surface area contributed by atoms with Gasteiger partial charge in [-0.15, -0.1) is 5.10 Å². The summed E-state index contributed by atoms with van der Waals surface area (Å²) in [4.78, 5) is 2.53. The van der Waals surface area contributed by atoms with E-state index in [1.54, 1.807) is 4.68 Å². The van der Waals surface area contributed by atoms with Gasteiger partial charge < -0.3 is 15.3 Å². The molecular formula is C14H27N5O. The van der Waals surface area contributed by atoms with E-state index in [0.717, 1.165) is 25.2 Å². The lowest BCUT2D eigenvalue weighted by atomic mass is 10.0. The average Bonchev–Trinajstić information content (AvgIpc) is 2.91. The maximum absolute atomic E-state index is 8.79. The van der Waals surface area contributed by atoms with Gasteiger partial charge in [-0.2, -0.15) is 0 Å². The Morgan fingerprint density at radius 3 is 2.80 bits per heavy atom. The van der Waals surface area contributed by atoms with Crippen LogP contribution < -0.4 is 5.32 Å². The van der Waals surface area contributed by atoms with Crippen molar-refractivity contribution >= 4 is 0 Å². The van der Waals surface area contributed by atoms with Gasteiger partial charge in [-0.1, -0.05) is 5.21 Å². The Morgan fingerprint density at radius 2 is 2.15 bits per heavy atom. The molecule has 0 amide bonds. The highest BCUT2D eigenvalue weighted by molar-refractivity contribution is 4.93. The van der Waals surface area contributed by atoms with Gasteiger partial charge in [0.2, 0.25) is 0 Å². The Hall–Kier alpha value is -0.980. The molecule has 114 valence electrons. The standard InChI is InChI=1S/C14H27N5O/c1-12(2)18-7-4-13(5-8-18)15-10-14-11-19(17-16-14)6-3-9-20/h11-13,15,20H,3-10H2,1-2H3. The average molecular weight is 281 g/mol. The second-order valence-electron chi connectivity index (χ2n) is 5.84. The number of aliphatic hydroxyl groups is 1. The van der Waals surface area contributed by atoms with Crippen molar-refractivity contribution in [1.82, 2.24) is 25.2 Å². The number of nitrogens with zero attached hydrogens (tertiary/aromatic N) is 4. The van der Waals surface area contributed by atoms with Crippen LogP contribution in [0.25, 0.3) is 0 Å². The van der Waals surface area contributed by atoms with Crippen molar-refractivity contribution in [2.75, 3.05) is 19.7 Å². The van der Waals surface area contributed by atoms with E-state index in [1.807, 2.05) is 6.20 Å². The molecule has 1 aliphatic rings. The minimum Gasteiger partial charge on any atom is -0.396 e. The lowest BCUT2D eigenvalue weighted by molar-refractivity contribution is 0.160. The summed E-state index contributed by atoms with van der Waals surface area (Å²) in [6.07, 6.45) is 5.10. The van der Waals surface area contributed by atoms with Crippen LogP contribution in [0.5, 0.6) is 0 Å². The van der Waals surface area contributed by atoms with Crippen LogP contribution >= 0.6 is 0 Å². The molecule has 0 radical (unpaired) electrons. The molecule has 2 N–H and O–H groups in total. The van der Waals surface area contributed by atoms with E-state index in [4.69, 9.17) is 5.11 Å². The topological polar surface area (TPSA) is 66.2 Å². The zero-order valence-electron chi connectivity index (χ0n) is 12.6. The molecule has 2 heterocycles. The highest BCUT2D eigenvalue weighted by atomic mass is 16.3. The maximum Gasteiger partial charge on any atom is 0.0964 e. The Kier molecular flexibility index (Phi) is 5.94. The molecular weight excluding hydrogens is 254 g/mol. The second-order valence-corrected chi connectivity index (χ2v) is 5.84. The van der Waals surface area contributed by atoms with Crippen molar-refractivity contribution in [1.29, 1.82) is 0 Å². The highest BCUT2D eigenvalue weighted by Gasteiger charge is 2.20. The zero-order valence-corrected chi connectivity index (χ0v) is 12.6. The van der Waals surface area contributed by atoms with Crippen LogP contribution in [0, 0.1) is 0 Å². The molecule has 1 aromatic heterocycles. The molecule has 0 saturated carbocycles. The van der Waals surface area contributed by atoms with Crippen LogP contribution in [0.2, 0.25) is 0 Å². The maximum atomic E-state index is 8.79. The smallest absolute Gasteiger partial charge is 0.0964 e. The first-order valence-electron chi connectivity index (χ1n) is 7.66. The normalized spacial score (nSPS) is 18.0. The predicted molar refractivity (Wildman–Crippen MR) is 78.3 cm³/mol. The van der Waals surface area contributed by atoms with Crippen LogP contribution in [-0.2, 0) is 13.1 Å². The number of aryl methyl sites for hydroxylation is 1. The first-order valence-corrected chi connectivity index (χ1v) is 7.66. The van der Waals surface area contributed by atoms with Crippen molar-refractivity contribution in [3.8, 4) is 0 Å². The largest absolute Gasteiger partial charge is 0.396 e. The van der Waals surface area contributed by atoms with Crippen molar-refractivity contribution in [2.45, 2.75) is 58.3 Å². The third-order valence-corrected chi connectivity index (χ3v) is 3.96. The molecule has 20 heavy (non-hydrogen) atoms. The summed E-state index contributed by atoms with van der Waals surface area (Å²) in [5, 5.41) is 20.6. The highest BCUT2D eigenvalue weighted by Crippen LogP contribution is 2.13. The summed E-state index contributed by atoms with van der Waals surface area (Å²) in [6, 6.07) is 1.25. The van der Waals surface area contributed by atoms with Crippen LogP contribution in [0.1, 0.15) is 38.8 Å². The van der Waals surface area contributed by atoms with Crippen molar-refractivity contribution < 1.29 is 5.11 Å². The first-order chi connectivity index (χ1) is 9.69. The molecule has 0 aliphatic carbocycles. The summed E-state index contributed by atoms with van der Waals surface area (Å²) in [7, 11) is 0. The molecule has 6 nitrogen and oxygen atoms in total. The van der Waals surface area contributed by atoms with Crippen LogP contribution in [-0.4, -0.2) is 56.8 Å². The summed E-state index contributed by atoms with van der Waals surface area (Å²) in [6.45, 7) is 8.59. The molecule has 1 aromatic rings. The van der Waals surface area contributed by atoms with E-state index in [9.17, 15) is 0 Å². The SMILES string of the molecule is CC(C)N1CCC(NCc2cn(CCCO)nn2)CC1. The Morgan fingerprint density at radius 1 is 1.40 bits per heavy atom. The van der Waals surface area contributed by atoms with Crippen molar-refractivity contribution in [3.05, 3.63) is 11.9 Å². The van der Waals surface area contributed by atoms with Gasteiger partial charge in [-0.25, -0.2) is 0 Å². The Bertz CT molecular complexity index is 385. The van der Waals surface area contributed by atoms with E-state index in [0.29, 0.717) is 12.1 Å². The molecule has 1 fully saturated rings. The fourth-order valence-electron chi connectivity index (χ4n) is 2.63. The molecule has 2 rings (SSSR count). The zero-order chi connectivity index (χ0) is 14.4. The number of nitrogens with one attached hydrogen (secondary N) is 1. The van der Waals surface area contributed by atoms with Gasteiger partial charge in [-0.05, 0) is 46.2 Å². The van der Waals surface area contributed by atoms with Gasteiger partial charge in [0.1, 0.15) is 0 Å². The fraction of sp³-hybridized carbons (Fsp3) is 0.857. The van der Waals surface area contributed by atoms with Crippen molar-refractivity contribution in [2.24, 2.45) is 0 Å². The summed E-state index contributed by atoms with van der Waals surface area (Å²) < 4.78 is 1.80. The molecule has 0 spiro atoms. The Labute approximate surface area is 121 Å². The molecule has 0 atom stereocenters. The van der Waals surface area contributed by atoms with Gasteiger partial charge in [-0.3, -0.25) is 4.68 Å². The molecule has 0 aromatic carbocycles. The van der Waals surface area contributed by atoms with Crippen molar-refractivity contribution in [3.63, 3.8) is 0 Å². The second kappa shape index (κ2) is 7.71.